The number of rotatable bonds is 2. The largest absolute Gasteiger partial charge is 0.550 e. The van der Waals surface area contributed by atoms with Gasteiger partial charge in [0.15, 0.2) is 0 Å². The van der Waals surface area contributed by atoms with Crippen LogP contribution >= 0.6 is 0 Å². The van der Waals surface area contributed by atoms with Gasteiger partial charge in [-0.1, -0.05) is 0 Å². The molecule has 0 atom stereocenters. The molecule has 0 aromatic carbocycles. The van der Waals surface area contributed by atoms with Gasteiger partial charge in [0, 0.05) is 32.7 Å². The first kappa shape index (κ1) is 15.9. The molecule has 0 saturated carbocycles. The van der Waals surface area contributed by atoms with Crippen molar-refractivity contribution in [3.8, 4) is 0 Å². The summed E-state index contributed by atoms with van der Waals surface area (Å²) < 4.78 is 4.07. The van der Waals surface area contributed by atoms with Crippen molar-refractivity contribution in [2.45, 2.75) is 6.92 Å². The molecule has 2 nitrogen and oxygen atoms in total. The van der Waals surface area contributed by atoms with E-state index >= 15 is 0 Å². The number of aldehydes is 1. The maximum Gasteiger partial charge on any atom is 0.142 e. The van der Waals surface area contributed by atoms with Gasteiger partial charge in [0.05, 0.1) is 6.61 Å². The zero-order valence-electron chi connectivity index (χ0n) is 5.09. The van der Waals surface area contributed by atoms with Crippen LogP contribution in [0.3, 0.4) is 0 Å². The molecule has 0 saturated heterocycles. The fourth-order valence-corrected chi connectivity index (χ4v) is 0.0481. The molecule has 0 aliphatic heterocycles. The van der Waals surface area contributed by atoms with Crippen LogP contribution < -0.4 is 0 Å². The van der Waals surface area contributed by atoms with Crippen molar-refractivity contribution in [1.29, 1.82) is 0 Å². The van der Waals surface area contributed by atoms with Gasteiger partial charge in [0.2, 0.25) is 0 Å². The van der Waals surface area contributed by atoms with Crippen molar-refractivity contribution >= 4 is 6.29 Å². The average Bonchev–Trinajstić information content (AvgIpc) is 1.75. The molecule has 0 spiro atoms. The predicted octanol–water partition coefficient (Wildman–Crippen LogP) is 0.831. The molecule has 47 valence electrons. The Morgan fingerprint density at radius 2 is 2.00 bits per heavy atom. The Hall–Kier alpha value is 0.734. The third-order valence-electron chi connectivity index (χ3n) is 0.186. The average molecular weight is 191 g/mol. The van der Waals surface area contributed by atoms with Crippen LogP contribution in [0.2, 0.25) is 0 Å². The quantitative estimate of drug-likeness (QED) is 0.477. The Morgan fingerprint density at radius 3 is 2.00 bits per heavy atom. The summed E-state index contributed by atoms with van der Waals surface area (Å²) in [6.07, 6.45) is 0.646. The second-order valence-corrected chi connectivity index (χ2v) is 0.537. The standard InChI is InChI=1S/C3H5O2.C2H5.Y/c1-5-3-2-4;1-2;/h2H,1,3H2;1H2,2H3;/q2*-1;. The van der Waals surface area contributed by atoms with Crippen LogP contribution in [0.1, 0.15) is 6.92 Å². The summed E-state index contributed by atoms with van der Waals surface area (Å²) in [6, 6.07) is 0. The molecular weight excluding hydrogens is 181 g/mol. The van der Waals surface area contributed by atoms with E-state index < -0.39 is 0 Å². The van der Waals surface area contributed by atoms with Crippen LogP contribution in [0.5, 0.6) is 0 Å². The van der Waals surface area contributed by atoms with Crippen molar-refractivity contribution in [2.75, 3.05) is 6.61 Å². The topological polar surface area (TPSA) is 26.3 Å². The molecule has 8 heavy (non-hydrogen) atoms. The van der Waals surface area contributed by atoms with E-state index in [2.05, 4.69) is 18.8 Å². The maximum atomic E-state index is 9.24. The van der Waals surface area contributed by atoms with Crippen LogP contribution in [0.15, 0.2) is 0 Å². The van der Waals surface area contributed by atoms with Gasteiger partial charge in [-0.25, -0.2) is 7.11 Å². The minimum atomic E-state index is 0. The molecule has 1 radical (unpaired) electrons. The summed E-state index contributed by atoms with van der Waals surface area (Å²) in [5.41, 5.74) is 0. The third-order valence-corrected chi connectivity index (χ3v) is 0.186. The molecule has 0 aliphatic rings. The van der Waals surface area contributed by atoms with E-state index in [0.29, 0.717) is 6.29 Å². The zero-order valence-corrected chi connectivity index (χ0v) is 7.93. The van der Waals surface area contributed by atoms with Gasteiger partial charge in [-0.15, -0.1) is 0 Å². The second-order valence-electron chi connectivity index (χ2n) is 0.537. The minimum absolute atomic E-state index is 0. The van der Waals surface area contributed by atoms with Crippen LogP contribution in [0.4, 0.5) is 0 Å². The summed E-state index contributed by atoms with van der Waals surface area (Å²) in [5.74, 6) is 0. The van der Waals surface area contributed by atoms with Crippen molar-refractivity contribution in [3.63, 3.8) is 0 Å². The summed E-state index contributed by atoms with van der Waals surface area (Å²) in [6.45, 7) is 5.10. The molecule has 0 aromatic rings. The zero-order chi connectivity index (χ0) is 6.12. The van der Waals surface area contributed by atoms with Gasteiger partial charge >= 0.3 is 0 Å². The number of hydrogen-bond donors (Lipinski definition) is 0. The smallest absolute Gasteiger partial charge is 0.142 e. The summed E-state index contributed by atoms with van der Waals surface area (Å²) >= 11 is 0. The van der Waals surface area contributed by atoms with E-state index in [9.17, 15) is 4.79 Å². The Morgan fingerprint density at radius 1 is 1.62 bits per heavy atom. The summed E-state index contributed by atoms with van der Waals surface area (Å²) in [5, 5.41) is 0. The molecular formula is C5H10O2Y-2. The van der Waals surface area contributed by atoms with Gasteiger partial charge in [-0.3, -0.25) is 0 Å². The van der Waals surface area contributed by atoms with Crippen LogP contribution in [-0.2, 0) is 42.2 Å². The third kappa shape index (κ3) is 29.6. The van der Waals surface area contributed by atoms with Crippen molar-refractivity contribution in [1.82, 2.24) is 0 Å². The van der Waals surface area contributed by atoms with Gasteiger partial charge < -0.3 is 16.5 Å². The first-order valence-electron chi connectivity index (χ1n) is 1.93. The van der Waals surface area contributed by atoms with E-state index in [1.165, 1.54) is 0 Å². The van der Waals surface area contributed by atoms with Gasteiger partial charge in [-0.2, -0.15) is 6.92 Å². The molecule has 0 N–H and O–H groups in total. The van der Waals surface area contributed by atoms with Gasteiger partial charge in [-0.05, 0) is 0 Å². The Kier molecular flexibility index (Phi) is 50.0. The number of hydrogen-bond acceptors (Lipinski definition) is 2. The molecule has 0 heterocycles. The normalized spacial score (nSPS) is 5.38. The molecule has 0 aromatic heterocycles. The van der Waals surface area contributed by atoms with E-state index in [1.54, 1.807) is 6.92 Å². The fourth-order valence-electron chi connectivity index (χ4n) is 0.0481. The van der Waals surface area contributed by atoms with E-state index in [0.717, 1.165) is 0 Å². The predicted molar refractivity (Wildman–Crippen MR) is 28.4 cm³/mol. The van der Waals surface area contributed by atoms with E-state index in [4.69, 9.17) is 0 Å². The SMILES string of the molecule is [CH2-]C.[CH2-]OCC=O.[Y]. The van der Waals surface area contributed by atoms with Crippen LogP contribution in [-0.4, -0.2) is 12.9 Å². The van der Waals surface area contributed by atoms with Crippen molar-refractivity contribution < 1.29 is 42.2 Å². The van der Waals surface area contributed by atoms with Crippen LogP contribution in [0, 0.1) is 14.0 Å². The molecule has 0 unspecified atom stereocenters. The molecule has 0 fully saturated rings. The molecule has 0 rings (SSSR count). The second kappa shape index (κ2) is 25.2. The Labute approximate surface area is 75.9 Å². The number of ether oxygens (including phenoxy) is 1. The number of carbonyl (C=O) groups excluding carboxylic acids is 1. The van der Waals surface area contributed by atoms with E-state index in [-0.39, 0.29) is 39.3 Å². The molecule has 0 bridgehead atoms. The minimum Gasteiger partial charge on any atom is -0.550 e. The maximum absolute atomic E-state index is 9.24. The van der Waals surface area contributed by atoms with Crippen LogP contribution in [0.25, 0.3) is 0 Å². The Bertz CT molecular complexity index is 31.6. The molecule has 0 aliphatic carbocycles. The first-order valence-corrected chi connectivity index (χ1v) is 1.93. The van der Waals surface area contributed by atoms with Crippen molar-refractivity contribution in [3.05, 3.63) is 14.0 Å². The van der Waals surface area contributed by atoms with Gasteiger partial charge in [0.25, 0.3) is 0 Å². The molecule has 0 amide bonds. The summed E-state index contributed by atoms with van der Waals surface area (Å²) in [4.78, 5) is 9.24. The van der Waals surface area contributed by atoms with E-state index in [1.807, 2.05) is 0 Å². The monoisotopic (exact) mass is 191 g/mol. The fraction of sp³-hybridized carbons (Fsp3) is 0.400. The molecule has 3 heteroatoms. The van der Waals surface area contributed by atoms with Crippen molar-refractivity contribution in [2.24, 2.45) is 0 Å². The number of carbonyl (C=O) groups is 1. The Balaban J connectivity index is -0.0000000750. The van der Waals surface area contributed by atoms with Gasteiger partial charge in [0.1, 0.15) is 6.29 Å². The summed E-state index contributed by atoms with van der Waals surface area (Å²) in [7, 11) is 2.94. The first-order chi connectivity index (χ1) is 3.41.